The Bertz CT molecular complexity index is 982. The van der Waals surface area contributed by atoms with Crippen molar-refractivity contribution in [1.82, 2.24) is 10.6 Å². The van der Waals surface area contributed by atoms with Gasteiger partial charge in [0.05, 0.1) is 6.04 Å². The fourth-order valence-electron chi connectivity index (χ4n) is 3.25. The van der Waals surface area contributed by atoms with Crippen molar-refractivity contribution in [2.24, 2.45) is 4.99 Å². The molecule has 152 valence electrons. The molecule has 5 nitrogen and oxygen atoms in total. The van der Waals surface area contributed by atoms with Gasteiger partial charge >= 0.3 is 0 Å². The number of nitrogens with one attached hydrogen (secondary N) is 2. The van der Waals surface area contributed by atoms with Crippen LogP contribution < -0.4 is 21.1 Å². The molecule has 0 saturated carbocycles. The highest BCUT2D eigenvalue weighted by molar-refractivity contribution is 6.31. The molecule has 1 saturated heterocycles. The maximum Gasteiger partial charge on any atom is 0.237 e. The second-order valence-corrected chi connectivity index (χ2v) is 7.43. The highest BCUT2D eigenvalue weighted by Gasteiger charge is 2.19. The van der Waals surface area contributed by atoms with Gasteiger partial charge in [-0.15, -0.1) is 0 Å². The van der Waals surface area contributed by atoms with E-state index in [9.17, 15) is 9.90 Å². The number of hydrogen-bond donors (Lipinski definition) is 3. The number of aromatic hydroxyl groups is 1. The number of amides is 1. The smallest absolute Gasteiger partial charge is 0.237 e. The van der Waals surface area contributed by atoms with Gasteiger partial charge in [-0.2, -0.15) is 0 Å². The van der Waals surface area contributed by atoms with Crippen LogP contribution in [0.15, 0.2) is 47.5 Å². The molecule has 2 aromatic carbocycles. The van der Waals surface area contributed by atoms with Crippen molar-refractivity contribution in [2.75, 3.05) is 6.54 Å². The summed E-state index contributed by atoms with van der Waals surface area (Å²) in [7, 11) is 0. The Balaban J connectivity index is 0.000000176. The van der Waals surface area contributed by atoms with E-state index in [0.29, 0.717) is 17.3 Å². The molecule has 2 heterocycles. The van der Waals surface area contributed by atoms with Gasteiger partial charge in [-0.05, 0) is 59.7 Å². The van der Waals surface area contributed by atoms with Crippen LogP contribution >= 0.6 is 11.6 Å². The van der Waals surface area contributed by atoms with E-state index >= 15 is 0 Å². The van der Waals surface area contributed by atoms with E-state index in [0.717, 1.165) is 48.2 Å². The number of carbonyl (C=O) groups excluding carboxylic acids is 1. The third-order valence-electron chi connectivity index (χ3n) is 4.87. The minimum Gasteiger partial charge on any atom is -0.508 e. The lowest BCUT2D eigenvalue weighted by molar-refractivity contribution is -0.123. The Morgan fingerprint density at radius 2 is 2.07 bits per heavy atom. The van der Waals surface area contributed by atoms with Gasteiger partial charge in [0, 0.05) is 30.4 Å². The van der Waals surface area contributed by atoms with Crippen molar-refractivity contribution in [3.8, 4) is 5.75 Å². The minimum atomic E-state index is -0.0359. The summed E-state index contributed by atoms with van der Waals surface area (Å²) in [6, 6.07) is 12.8. The van der Waals surface area contributed by atoms with Crippen molar-refractivity contribution in [3.05, 3.63) is 63.5 Å². The fraction of sp³-hybridized carbons (Fsp3) is 0.304. The quantitative estimate of drug-likeness (QED) is 0.726. The molecule has 0 radical (unpaired) electrons. The number of benzene rings is 2. The van der Waals surface area contributed by atoms with Crippen LogP contribution in [0.1, 0.15) is 31.2 Å². The predicted molar refractivity (Wildman–Crippen MR) is 118 cm³/mol. The number of piperidine rings is 1. The normalized spacial score (nSPS) is 17.5. The van der Waals surface area contributed by atoms with Gasteiger partial charge in [-0.1, -0.05) is 42.3 Å². The zero-order valence-electron chi connectivity index (χ0n) is 16.3. The molecule has 4 rings (SSSR count). The van der Waals surface area contributed by atoms with E-state index < -0.39 is 0 Å². The zero-order chi connectivity index (χ0) is 20.5. The highest BCUT2D eigenvalue weighted by atomic mass is 35.5. The monoisotopic (exact) mass is 411 g/mol. The largest absolute Gasteiger partial charge is 0.508 e. The number of aliphatic imine (C=N–C) groups is 1. The van der Waals surface area contributed by atoms with E-state index in [1.165, 1.54) is 0 Å². The molecule has 2 aromatic rings. The molecule has 0 aromatic heterocycles. The van der Waals surface area contributed by atoms with E-state index in [1.54, 1.807) is 18.3 Å². The zero-order valence-corrected chi connectivity index (χ0v) is 17.0. The van der Waals surface area contributed by atoms with Gasteiger partial charge in [-0.3, -0.25) is 9.79 Å². The molecule has 29 heavy (non-hydrogen) atoms. The molecule has 1 amide bonds. The number of phenolic OH excluding ortho intramolecular Hbond substituents is 1. The summed E-state index contributed by atoms with van der Waals surface area (Å²) in [5, 5.41) is 18.2. The van der Waals surface area contributed by atoms with Gasteiger partial charge in [0.1, 0.15) is 5.75 Å². The number of halogens is 1. The fourth-order valence-corrected chi connectivity index (χ4v) is 3.46. The Kier molecular flexibility index (Phi) is 7.85. The molecule has 0 bridgehead atoms. The molecule has 3 N–H and O–H groups in total. The number of hydrogen-bond acceptors (Lipinski definition) is 4. The lowest BCUT2D eigenvalue weighted by Gasteiger charge is -2.22. The maximum absolute atomic E-state index is 11.9. The number of fused-ring (bicyclic) bond motifs is 1. The van der Waals surface area contributed by atoms with E-state index in [1.807, 2.05) is 42.6 Å². The van der Waals surface area contributed by atoms with Crippen molar-refractivity contribution < 1.29 is 9.90 Å². The minimum absolute atomic E-state index is 0.0359. The first-order valence-corrected chi connectivity index (χ1v) is 10.3. The first kappa shape index (κ1) is 21.1. The summed E-state index contributed by atoms with van der Waals surface area (Å²) < 4.78 is 0. The maximum atomic E-state index is 11.9. The lowest BCUT2D eigenvalue weighted by atomic mass is 10.0. The Labute approximate surface area is 175 Å². The summed E-state index contributed by atoms with van der Waals surface area (Å²) in [5.74, 6) is 0.380. The molecular weight excluding hydrogens is 386 g/mol. The molecule has 1 atom stereocenters. The van der Waals surface area contributed by atoms with Gasteiger partial charge in [-0.25, -0.2) is 0 Å². The van der Waals surface area contributed by atoms with Gasteiger partial charge < -0.3 is 15.7 Å². The molecule has 2 aliphatic heterocycles. The molecule has 1 unspecified atom stereocenters. The summed E-state index contributed by atoms with van der Waals surface area (Å²) in [6.45, 7) is 1.43. The molecule has 1 fully saturated rings. The van der Waals surface area contributed by atoms with Crippen LogP contribution in [0.5, 0.6) is 5.75 Å². The van der Waals surface area contributed by atoms with Crippen molar-refractivity contribution in [2.45, 2.75) is 38.3 Å². The lowest BCUT2D eigenvalue weighted by Crippen LogP contribution is -2.46. The van der Waals surface area contributed by atoms with E-state index in [2.05, 4.69) is 15.6 Å². The van der Waals surface area contributed by atoms with Crippen LogP contribution in [0.4, 0.5) is 0 Å². The average Bonchev–Trinajstić information content (AvgIpc) is 2.99. The summed E-state index contributed by atoms with van der Waals surface area (Å²) in [5.41, 5.74) is 0.957. The highest BCUT2D eigenvalue weighted by Crippen LogP contribution is 2.14. The van der Waals surface area contributed by atoms with Crippen LogP contribution in [-0.2, 0) is 11.3 Å². The predicted octanol–water partition coefficient (Wildman–Crippen LogP) is 2.48. The van der Waals surface area contributed by atoms with Crippen LogP contribution in [0.2, 0.25) is 5.02 Å². The Morgan fingerprint density at radius 3 is 2.86 bits per heavy atom. The third-order valence-corrected chi connectivity index (χ3v) is 5.24. The number of phenols is 1. The number of nitrogens with zero attached hydrogens (tertiary/aromatic N) is 1. The summed E-state index contributed by atoms with van der Waals surface area (Å²) >= 11 is 6.03. The molecule has 0 aliphatic carbocycles. The van der Waals surface area contributed by atoms with E-state index in [4.69, 9.17) is 11.6 Å². The van der Waals surface area contributed by atoms with Crippen LogP contribution in [-0.4, -0.2) is 29.8 Å². The Hall–Kier alpha value is -2.63. The molecule has 2 aliphatic rings. The second-order valence-electron chi connectivity index (χ2n) is 7.03. The van der Waals surface area contributed by atoms with Gasteiger partial charge in [0.2, 0.25) is 5.91 Å². The van der Waals surface area contributed by atoms with Crippen molar-refractivity contribution in [1.29, 1.82) is 0 Å². The topological polar surface area (TPSA) is 73.7 Å². The van der Waals surface area contributed by atoms with Crippen molar-refractivity contribution >= 4 is 36.0 Å². The summed E-state index contributed by atoms with van der Waals surface area (Å²) in [6.07, 6.45) is 9.73. The third kappa shape index (κ3) is 6.44. The second kappa shape index (κ2) is 10.8. The van der Waals surface area contributed by atoms with Crippen LogP contribution in [0, 0.1) is 0 Å². The first-order chi connectivity index (χ1) is 14.1. The number of rotatable bonds is 3. The average molecular weight is 412 g/mol. The summed E-state index contributed by atoms with van der Waals surface area (Å²) in [4.78, 5) is 15.9. The first-order valence-electron chi connectivity index (χ1n) is 9.89. The molecule has 0 spiro atoms. The van der Waals surface area contributed by atoms with Crippen LogP contribution in [0.25, 0.3) is 12.3 Å². The van der Waals surface area contributed by atoms with Crippen LogP contribution in [0.3, 0.4) is 0 Å². The van der Waals surface area contributed by atoms with E-state index in [-0.39, 0.29) is 11.9 Å². The SMILES string of the molecule is O=C(NCc1ccccc1Cl)C1CCCCN1.Oc1ccc2c(c1)=CCC=NC=2. The molecular formula is C23H26ClN3O2. The van der Waals surface area contributed by atoms with Gasteiger partial charge in [0.15, 0.2) is 0 Å². The number of carbonyl (C=O) groups is 1. The Morgan fingerprint density at radius 1 is 1.21 bits per heavy atom. The molecule has 6 heteroatoms. The van der Waals surface area contributed by atoms with Crippen molar-refractivity contribution in [3.63, 3.8) is 0 Å². The standard InChI is InChI=1S/C13H17ClN2O.C10H9NO/c14-11-6-2-1-5-10(11)9-16-13(17)12-7-3-4-8-15-12;12-10-4-3-9-7-11-5-1-2-8(9)6-10/h1-2,5-6,12,15H,3-4,7-9H2,(H,16,17);2-7,12H,1H2. The van der Waals surface area contributed by atoms with Gasteiger partial charge in [0.25, 0.3) is 0 Å².